The van der Waals surface area contributed by atoms with Crippen LogP contribution in [0.2, 0.25) is 0 Å². The number of piperidine rings is 1. The van der Waals surface area contributed by atoms with Crippen molar-refractivity contribution in [1.29, 1.82) is 10.5 Å². The van der Waals surface area contributed by atoms with E-state index in [9.17, 15) is 20.1 Å². The Bertz CT molecular complexity index is 3520. The lowest BCUT2D eigenvalue weighted by molar-refractivity contribution is -0.123. The molecule has 5 aliphatic rings. The predicted octanol–water partition coefficient (Wildman–Crippen LogP) is 10.2. The standard InChI is InChI=1S/C60H54FN11O2/c1-36-49-21-19-47-53(52-23-26-64-35-65-52)68-72(58(47)60(49,3)31-39(32-62)55(36)73)43-16-13-37(14-17-43)38-29-41(67-66-34-38)15-18-45-50-22-20-48-54(46-11-7-8-12-51(46)61)71(69-57(48)59(50,2)30-40(33-63)56(45)74)44-24-27-70(28-25-44)42-9-5-4-6-10-42/h4-14,16-17,23,26,29-31,34-36,44-45,49-50H,15,18-22,24-25,27-28H2,1-3H3/t36-,45-,49-,50-,59-,60-/m1/s1. The van der Waals surface area contributed by atoms with E-state index >= 15 is 4.39 Å². The second-order valence-electron chi connectivity index (χ2n) is 21.2. The third kappa shape index (κ3) is 7.60. The lowest BCUT2D eigenvalue weighted by Crippen LogP contribution is -2.46. The number of hydrogen-bond donors (Lipinski definition) is 0. The molecule has 3 aromatic carbocycles. The second-order valence-corrected chi connectivity index (χ2v) is 21.2. The largest absolute Gasteiger partial charge is 0.371 e. The maximum Gasteiger partial charge on any atom is 0.176 e. The highest BCUT2D eigenvalue weighted by Gasteiger charge is 2.53. The molecule has 5 heterocycles. The SMILES string of the molecule is C[C@H]1C(=O)C(C#N)=C[C@@]2(C)c3c(c(-c4ccncn4)nn3-c3ccc(-c4cnnc(CC[C@H]5C(=O)C(C#N)=C[C@@]6(C)c7nn(C8CCN(c9ccccc9)CC8)c(-c8ccccc8F)c7CC[C@H]56)c4)cc3)CC[C@H]12. The third-order valence-electron chi connectivity index (χ3n) is 17.2. The Kier molecular flexibility index (Phi) is 11.6. The summed E-state index contributed by atoms with van der Waals surface area (Å²) >= 11 is 0. The number of hydrogen-bond acceptors (Lipinski definition) is 11. The summed E-state index contributed by atoms with van der Waals surface area (Å²) in [6.07, 6.45) is 14.1. The topological polar surface area (TPSA) is 172 Å². The molecule has 1 fully saturated rings. The molecule has 0 radical (unpaired) electrons. The smallest absolute Gasteiger partial charge is 0.176 e. The number of ketones is 2. The van der Waals surface area contributed by atoms with Crippen molar-refractivity contribution < 1.29 is 14.0 Å². The van der Waals surface area contributed by atoms with Gasteiger partial charge in [-0.3, -0.25) is 14.3 Å². The van der Waals surface area contributed by atoms with Crippen LogP contribution in [0.25, 0.3) is 39.5 Å². The molecule has 368 valence electrons. The minimum Gasteiger partial charge on any atom is -0.371 e. The number of nitrogens with zero attached hydrogens (tertiary/aromatic N) is 11. The van der Waals surface area contributed by atoms with Crippen LogP contribution in [0.3, 0.4) is 0 Å². The van der Waals surface area contributed by atoms with Gasteiger partial charge in [-0.05, 0) is 117 Å². The van der Waals surface area contributed by atoms with Gasteiger partial charge in [-0.2, -0.15) is 30.9 Å². The van der Waals surface area contributed by atoms with Crippen LogP contribution in [-0.2, 0) is 39.7 Å². The van der Waals surface area contributed by atoms with Crippen molar-refractivity contribution in [1.82, 2.24) is 39.7 Å². The van der Waals surface area contributed by atoms with E-state index in [1.165, 1.54) is 18.1 Å². The molecule has 0 unspecified atom stereocenters. The van der Waals surface area contributed by atoms with Gasteiger partial charge in [0.15, 0.2) is 11.6 Å². The van der Waals surface area contributed by atoms with Crippen LogP contribution in [0.15, 0.2) is 133 Å². The van der Waals surface area contributed by atoms with E-state index < -0.39 is 16.7 Å². The summed E-state index contributed by atoms with van der Waals surface area (Å²) < 4.78 is 20.0. The molecule has 7 aromatic rings. The quantitative estimate of drug-likeness (QED) is 0.135. The number of benzene rings is 3. The van der Waals surface area contributed by atoms with Crippen LogP contribution in [0.4, 0.5) is 10.1 Å². The number of aromatic nitrogens is 8. The van der Waals surface area contributed by atoms with E-state index in [0.29, 0.717) is 43.4 Å². The molecule has 0 bridgehead atoms. The molecule has 12 rings (SSSR count). The van der Waals surface area contributed by atoms with E-state index in [1.807, 2.05) is 78.4 Å². The molecule has 4 aliphatic carbocycles. The van der Waals surface area contributed by atoms with Crippen LogP contribution >= 0.6 is 0 Å². The number of fused-ring (bicyclic) bond motifs is 6. The van der Waals surface area contributed by atoms with Crippen LogP contribution in [0.1, 0.15) is 87.1 Å². The fourth-order valence-electron chi connectivity index (χ4n) is 13.6. The summed E-state index contributed by atoms with van der Waals surface area (Å²) in [5.74, 6) is -1.50. The zero-order valence-corrected chi connectivity index (χ0v) is 41.6. The van der Waals surface area contributed by atoms with Gasteiger partial charge >= 0.3 is 0 Å². The highest BCUT2D eigenvalue weighted by molar-refractivity contribution is 6.03. The van der Waals surface area contributed by atoms with Gasteiger partial charge in [-0.15, -0.1) is 0 Å². The van der Waals surface area contributed by atoms with Gasteiger partial charge in [0.05, 0.1) is 57.5 Å². The number of anilines is 1. The number of allylic oxidation sites excluding steroid dienone is 4. The number of carbonyl (C=O) groups excluding carboxylic acids is 2. The van der Waals surface area contributed by atoms with Crippen molar-refractivity contribution in [2.24, 2.45) is 23.7 Å². The highest BCUT2D eigenvalue weighted by atomic mass is 19.1. The number of rotatable bonds is 9. The van der Waals surface area contributed by atoms with Crippen molar-refractivity contribution in [2.45, 2.75) is 89.0 Å². The van der Waals surface area contributed by atoms with E-state index in [1.54, 1.807) is 18.5 Å². The van der Waals surface area contributed by atoms with Gasteiger partial charge in [0.1, 0.15) is 30.0 Å². The minimum atomic E-state index is -0.745. The molecule has 0 spiro atoms. The molecule has 14 heteroatoms. The monoisotopic (exact) mass is 979 g/mol. The zero-order chi connectivity index (χ0) is 50.9. The number of halogens is 1. The molecule has 0 amide bonds. The molecule has 13 nitrogen and oxygen atoms in total. The molecule has 6 atom stereocenters. The fraction of sp³-hybridized carbons (Fsp3) is 0.333. The van der Waals surface area contributed by atoms with Crippen molar-refractivity contribution in [3.05, 3.63) is 167 Å². The summed E-state index contributed by atoms with van der Waals surface area (Å²) in [5.41, 5.74) is 10.1. The number of para-hydroxylation sites is 1. The second kappa shape index (κ2) is 18.4. The predicted molar refractivity (Wildman–Crippen MR) is 277 cm³/mol. The third-order valence-corrected chi connectivity index (χ3v) is 17.2. The maximum atomic E-state index is 15.9. The first-order chi connectivity index (χ1) is 36.0. The molecule has 0 saturated carbocycles. The van der Waals surface area contributed by atoms with Gasteiger partial charge in [-0.1, -0.05) is 75.4 Å². The number of nitriles is 2. The first-order valence-electron chi connectivity index (χ1n) is 25.8. The Balaban J connectivity index is 0.830. The first-order valence-corrected chi connectivity index (χ1v) is 25.8. The van der Waals surface area contributed by atoms with E-state index in [2.05, 4.69) is 80.0 Å². The summed E-state index contributed by atoms with van der Waals surface area (Å²) in [6, 6.07) is 33.8. The van der Waals surface area contributed by atoms with Gasteiger partial charge in [0, 0.05) is 69.9 Å². The van der Waals surface area contributed by atoms with Crippen molar-refractivity contribution in [3.63, 3.8) is 0 Å². The zero-order valence-electron chi connectivity index (χ0n) is 41.6. The van der Waals surface area contributed by atoms with Crippen molar-refractivity contribution in [3.8, 4) is 51.6 Å². The van der Waals surface area contributed by atoms with Gasteiger partial charge in [-0.25, -0.2) is 19.0 Å². The summed E-state index contributed by atoms with van der Waals surface area (Å²) in [6.45, 7) is 7.85. The molecule has 0 N–H and O–H groups in total. The van der Waals surface area contributed by atoms with E-state index in [-0.39, 0.29) is 52.3 Å². The molecular weight excluding hydrogens is 926 g/mol. The molecular formula is C60H54FN11O2. The number of Topliss-reactive ketones (excluding diaryl/α,β-unsaturated/α-hetero) is 2. The Labute approximate surface area is 429 Å². The molecule has 1 saturated heterocycles. The van der Waals surface area contributed by atoms with Crippen LogP contribution < -0.4 is 4.90 Å². The first kappa shape index (κ1) is 46.8. The maximum absolute atomic E-state index is 15.9. The molecule has 4 aromatic heterocycles. The van der Waals surface area contributed by atoms with Crippen molar-refractivity contribution >= 4 is 17.3 Å². The average molecular weight is 980 g/mol. The average Bonchev–Trinajstić information content (AvgIpc) is 4.04. The Morgan fingerprint density at radius 3 is 2.23 bits per heavy atom. The van der Waals surface area contributed by atoms with Gasteiger partial charge in [0.25, 0.3) is 0 Å². The molecule has 1 aliphatic heterocycles. The number of aryl methyl sites for hydroxylation is 1. The Morgan fingerprint density at radius 2 is 1.49 bits per heavy atom. The minimum absolute atomic E-state index is 0.0130. The lowest BCUT2D eigenvalue weighted by atomic mass is 9.56. The molecule has 74 heavy (non-hydrogen) atoms. The van der Waals surface area contributed by atoms with E-state index in [0.717, 1.165) is 88.8 Å². The van der Waals surface area contributed by atoms with E-state index in [4.69, 9.17) is 10.2 Å². The van der Waals surface area contributed by atoms with Gasteiger partial charge < -0.3 is 4.90 Å². The lowest BCUT2D eigenvalue weighted by Gasteiger charge is -2.45. The van der Waals surface area contributed by atoms with Crippen molar-refractivity contribution in [2.75, 3.05) is 18.0 Å². The summed E-state index contributed by atoms with van der Waals surface area (Å²) in [4.78, 5) is 38.7. The number of carbonyl (C=O) groups is 2. The summed E-state index contributed by atoms with van der Waals surface area (Å²) in [5, 5.41) is 40.2. The van der Waals surface area contributed by atoms with Gasteiger partial charge in [0.2, 0.25) is 0 Å². The normalized spacial score (nSPS) is 24.4. The van der Waals surface area contributed by atoms with Crippen LogP contribution in [0, 0.1) is 52.2 Å². The van der Waals surface area contributed by atoms with Crippen LogP contribution in [0.5, 0.6) is 0 Å². The van der Waals surface area contributed by atoms with Crippen LogP contribution in [-0.4, -0.2) is 64.4 Å². The Hall–Kier alpha value is -8.23. The highest BCUT2D eigenvalue weighted by Crippen LogP contribution is 2.54. The Morgan fingerprint density at radius 1 is 0.770 bits per heavy atom. The summed E-state index contributed by atoms with van der Waals surface area (Å²) in [7, 11) is 0. The fourth-order valence-corrected chi connectivity index (χ4v) is 13.6.